The Morgan fingerprint density at radius 1 is 0.812 bits per heavy atom. The number of carbonyl (C=O) groups is 6. The van der Waals surface area contributed by atoms with Gasteiger partial charge in [-0.3, -0.25) is 24.0 Å². The molecule has 0 radical (unpaired) electrons. The first kappa shape index (κ1) is 26.8. The molecule has 14 heteroatoms. The van der Waals surface area contributed by atoms with Crippen LogP contribution in [0, 0.1) is 0 Å². The van der Waals surface area contributed by atoms with Gasteiger partial charge in [-0.15, -0.1) is 0 Å². The van der Waals surface area contributed by atoms with Gasteiger partial charge in [0.1, 0.15) is 18.1 Å². The highest BCUT2D eigenvalue weighted by molar-refractivity contribution is 5.94. The molecule has 1 fully saturated rings. The lowest BCUT2D eigenvalue weighted by atomic mass is 10.1. The van der Waals surface area contributed by atoms with Crippen LogP contribution in [0.5, 0.6) is 0 Å². The van der Waals surface area contributed by atoms with Crippen LogP contribution in [0.4, 0.5) is 0 Å². The van der Waals surface area contributed by atoms with Gasteiger partial charge in [0.25, 0.3) is 0 Å². The van der Waals surface area contributed by atoms with Crippen molar-refractivity contribution in [1.82, 2.24) is 21.3 Å². The smallest absolute Gasteiger partial charge is 0.328 e. The van der Waals surface area contributed by atoms with E-state index in [4.69, 9.17) is 20.4 Å². The Balaban J connectivity index is 2.93. The topological polar surface area (TPSA) is 231 Å². The zero-order chi connectivity index (χ0) is 24.3. The molecule has 0 spiro atoms. The van der Waals surface area contributed by atoms with Crippen LogP contribution in [0.2, 0.25) is 0 Å². The molecule has 1 aliphatic heterocycles. The highest BCUT2D eigenvalue weighted by atomic mass is 16.4. The Kier molecular flexibility index (Phi) is 11.1. The van der Waals surface area contributed by atoms with Gasteiger partial charge in [0, 0.05) is 12.8 Å². The molecular weight excluding hydrogens is 432 g/mol. The molecule has 1 saturated heterocycles. The van der Waals surface area contributed by atoms with Crippen molar-refractivity contribution in [3.8, 4) is 0 Å². The number of aliphatic carboxylic acids is 3. The second-order valence-corrected chi connectivity index (χ2v) is 7.22. The minimum Gasteiger partial charge on any atom is -0.481 e. The number of amides is 3. The minimum absolute atomic E-state index is 0.290. The van der Waals surface area contributed by atoms with Gasteiger partial charge in [-0.1, -0.05) is 0 Å². The summed E-state index contributed by atoms with van der Waals surface area (Å²) < 4.78 is 0. The summed E-state index contributed by atoms with van der Waals surface area (Å²) >= 11 is 0. The first-order valence-corrected chi connectivity index (χ1v) is 9.96. The van der Waals surface area contributed by atoms with Gasteiger partial charge in [-0.05, 0) is 32.2 Å². The number of aliphatic hydroxyl groups excluding tert-OH is 1. The van der Waals surface area contributed by atoms with Crippen molar-refractivity contribution in [2.75, 3.05) is 13.2 Å². The monoisotopic (exact) mass is 460 g/mol. The van der Waals surface area contributed by atoms with Crippen molar-refractivity contribution in [3.05, 3.63) is 0 Å². The predicted octanol–water partition coefficient (Wildman–Crippen LogP) is -3.00. The number of carboxylic acids is 3. The van der Waals surface area contributed by atoms with E-state index >= 15 is 0 Å². The van der Waals surface area contributed by atoms with Crippen molar-refractivity contribution in [3.63, 3.8) is 0 Å². The maximum atomic E-state index is 12.7. The molecule has 0 aromatic rings. The van der Waals surface area contributed by atoms with Crippen LogP contribution in [0.3, 0.4) is 0 Å². The number of nitrogens with one attached hydrogen (secondary N) is 4. The molecule has 0 bridgehead atoms. The Morgan fingerprint density at radius 3 is 1.72 bits per heavy atom. The summed E-state index contributed by atoms with van der Waals surface area (Å²) in [6.45, 7) is -0.330. The van der Waals surface area contributed by atoms with Gasteiger partial charge in [0.2, 0.25) is 17.7 Å². The van der Waals surface area contributed by atoms with Crippen LogP contribution in [0.1, 0.15) is 38.5 Å². The van der Waals surface area contributed by atoms with Crippen molar-refractivity contribution in [2.45, 2.75) is 62.7 Å². The quantitative estimate of drug-likeness (QED) is 0.130. The van der Waals surface area contributed by atoms with E-state index in [0.717, 1.165) is 6.42 Å². The number of hydrogen-bond donors (Lipinski definition) is 8. The highest BCUT2D eigenvalue weighted by Crippen LogP contribution is 2.08. The molecule has 180 valence electrons. The Morgan fingerprint density at radius 2 is 1.31 bits per heavy atom. The highest BCUT2D eigenvalue weighted by Gasteiger charge is 2.31. The van der Waals surface area contributed by atoms with E-state index in [1.165, 1.54) is 0 Å². The Labute approximate surface area is 182 Å². The maximum Gasteiger partial charge on any atom is 0.328 e. The third-order valence-electron chi connectivity index (χ3n) is 4.73. The average molecular weight is 460 g/mol. The van der Waals surface area contributed by atoms with Gasteiger partial charge in [-0.2, -0.15) is 0 Å². The molecule has 3 amide bonds. The molecule has 0 saturated carbocycles. The maximum absolute atomic E-state index is 12.7. The number of carboxylic acid groups (broad SMARTS) is 3. The molecule has 0 aliphatic carbocycles. The minimum atomic E-state index is -1.68. The zero-order valence-corrected chi connectivity index (χ0v) is 17.2. The van der Waals surface area contributed by atoms with E-state index in [2.05, 4.69) is 16.0 Å². The standard InChI is InChI=1S/C18H28N4O10/c23-8-12(18(31)32)22-17(30)11(4-6-14(26)27)21-16(29)10(3-5-13(24)25)20-15(28)9-2-1-7-19-9/h9-12,19,23H,1-8H2,(H,20,28)(H,21,29)(H,22,30)(H,24,25)(H,26,27)(H,31,32). The van der Waals surface area contributed by atoms with Gasteiger partial charge < -0.3 is 41.7 Å². The summed E-state index contributed by atoms with van der Waals surface area (Å²) in [4.78, 5) is 70.3. The van der Waals surface area contributed by atoms with E-state index in [9.17, 15) is 28.8 Å². The fourth-order valence-electron chi connectivity index (χ4n) is 2.98. The van der Waals surface area contributed by atoms with Gasteiger partial charge in [0.15, 0.2) is 0 Å². The van der Waals surface area contributed by atoms with Crippen LogP contribution < -0.4 is 21.3 Å². The van der Waals surface area contributed by atoms with Crippen LogP contribution in [0.15, 0.2) is 0 Å². The van der Waals surface area contributed by atoms with E-state index in [-0.39, 0.29) is 6.42 Å². The number of aliphatic hydroxyl groups is 1. The summed E-state index contributed by atoms with van der Waals surface area (Å²) in [5.41, 5.74) is 0. The third-order valence-corrected chi connectivity index (χ3v) is 4.73. The van der Waals surface area contributed by atoms with Gasteiger partial charge in [0.05, 0.1) is 12.6 Å². The molecule has 4 atom stereocenters. The molecule has 0 aromatic heterocycles. The lowest BCUT2D eigenvalue weighted by molar-refractivity contribution is -0.144. The van der Waals surface area contributed by atoms with Crippen molar-refractivity contribution >= 4 is 35.6 Å². The summed E-state index contributed by atoms with van der Waals surface area (Å²) in [6, 6.07) is -5.06. The first-order chi connectivity index (χ1) is 15.0. The SMILES string of the molecule is O=C(O)CCC(NC(=O)C(CCC(=O)O)NC(=O)C1CCCN1)C(=O)NC(CO)C(=O)O. The predicted molar refractivity (Wildman–Crippen MR) is 105 cm³/mol. The lowest BCUT2D eigenvalue weighted by Crippen LogP contribution is -2.57. The molecule has 32 heavy (non-hydrogen) atoms. The number of rotatable bonds is 14. The summed E-state index contributed by atoms with van der Waals surface area (Å²) in [7, 11) is 0. The Hall–Kier alpha value is -3.26. The summed E-state index contributed by atoms with van der Waals surface area (Å²) in [5.74, 6) is -6.55. The number of hydrogen-bond acceptors (Lipinski definition) is 8. The third kappa shape index (κ3) is 9.26. The van der Waals surface area contributed by atoms with E-state index < -0.39 is 85.7 Å². The normalized spacial score (nSPS) is 18.1. The van der Waals surface area contributed by atoms with Gasteiger partial charge >= 0.3 is 17.9 Å². The second-order valence-electron chi connectivity index (χ2n) is 7.22. The van der Waals surface area contributed by atoms with Crippen LogP contribution >= 0.6 is 0 Å². The van der Waals surface area contributed by atoms with Crippen LogP contribution in [-0.2, 0) is 28.8 Å². The van der Waals surface area contributed by atoms with Crippen molar-refractivity contribution in [2.24, 2.45) is 0 Å². The molecule has 1 rings (SSSR count). The largest absolute Gasteiger partial charge is 0.481 e. The lowest BCUT2D eigenvalue weighted by Gasteiger charge is -2.24. The van der Waals surface area contributed by atoms with E-state index in [1.54, 1.807) is 0 Å². The van der Waals surface area contributed by atoms with Crippen LogP contribution in [-0.4, -0.2) is 93.4 Å². The van der Waals surface area contributed by atoms with Crippen molar-refractivity contribution < 1.29 is 49.2 Å². The molecule has 14 nitrogen and oxygen atoms in total. The van der Waals surface area contributed by atoms with Crippen LogP contribution in [0.25, 0.3) is 0 Å². The molecule has 1 aliphatic rings. The molecule has 8 N–H and O–H groups in total. The molecular formula is C18H28N4O10. The first-order valence-electron chi connectivity index (χ1n) is 9.96. The average Bonchev–Trinajstić information content (AvgIpc) is 3.26. The fourth-order valence-corrected chi connectivity index (χ4v) is 2.98. The van der Waals surface area contributed by atoms with E-state index in [0.29, 0.717) is 13.0 Å². The van der Waals surface area contributed by atoms with E-state index in [1.807, 2.05) is 5.32 Å². The Bertz CT molecular complexity index is 723. The molecule has 1 heterocycles. The van der Waals surface area contributed by atoms with Gasteiger partial charge in [-0.25, -0.2) is 4.79 Å². The summed E-state index contributed by atoms with van der Waals surface area (Å²) in [6.07, 6.45) is -0.436. The zero-order valence-electron chi connectivity index (χ0n) is 17.2. The number of carbonyl (C=O) groups excluding carboxylic acids is 3. The fraction of sp³-hybridized carbons (Fsp3) is 0.667. The summed E-state index contributed by atoms with van der Waals surface area (Å²) in [5, 5.41) is 45.4. The molecule has 4 unspecified atom stereocenters. The van der Waals surface area contributed by atoms with Crippen molar-refractivity contribution in [1.29, 1.82) is 0 Å². The molecule has 0 aromatic carbocycles. The second kappa shape index (κ2) is 13.2.